The summed E-state index contributed by atoms with van der Waals surface area (Å²) in [4.78, 5) is 0. The summed E-state index contributed by atoms with van der Waals surface area (Å²) in [7, 11) is 0. The van der Waals surface area contributed by atoms with Crippen LogP contribution in [0.3, 0.4) is 0 Å². The van der Waals surface area contributed by atoms with E-state index < -0.39 is 0 Å². The molecule has 0 N–H and O–H groups in total. The molecular formula is C64H41N3O. The van der Waals surface area contributed by atoms with Crippen molar-refractivity contribution in [2.75, 3.05) is 0 Å². The molecule has 4 heteroatoms. The SMILES string of the molecule is c1ccc(-c2ccc(-c3ccc(-n4c5ccc(-c6ccc7c(c6)c6ccccc6n7-c6ccccc6)cc5c5cc(-c6ccc7c(c6)c6ccccc6n7-c6ccccc6)ccc54)cc3)o2)cc1. The highest BCUT2D eigenvalue weighted by Crippen LogP contribution is 2.41. The molecule has 0 aliphatic rings. The van der Waals surface area contributed by atoms with Crippen molar-refractivity contribution in [3.63, 3.8) is 0 Å². The molecule has 4 heterocycles. The van der Waals surface area contributed by atoms with Crippen LogP contribution in [0, 0.1) is 0 Å². The Kier molecular flexibility index (Phi) is 8.55. The Bertz CT molecular complexity index is 4010. The molecule has 10 aromatic carbocycles. The van der Waals surface area contributed by atoms with Gasteiger partial charge < -0.3 is 18.1 Å². The zero-order valence-corrected chi connectivity index (χ0v) is 36.9. The summed E-state index contributed by atoms with van der Waals surface area (Å²) in [6.07, 6.45) is 0. The van der Waals surface area contributed by atoms with Crippen molar-refractivity contribution in [2.45, 2.75) is 0 Å². The lowest BCUT2D eigenvalue weighted by atomic mass is 9.98. The van der Waals surface area contributed by atoms with Gasteiger partial charge in [-0.2, -0.15) is 0 Å². The molecule has 4 aromatic heterocycles. The second kappa shape index (κ2) is 15.2. The molecule has 0 unspecified atom stereocenters. The Hall–Kier alpha value is -9.12. The van der Waals surface area contributed by atoms with Gasteiger partial charge in [0, 0.05) is 60.5 Å². The summed E-state index contributed by atoms with van der Waals surface area (Å²) in [5, 5.41) is 7.38. The monoisotopic (exact) mass is 867 g/mol. The van der Waals surface area contributed by atoms with Crippen LogP contribution < -0.4 is 0 Å². The number of fused-ring (bicyclic) bond motifs is 9. The Morgan fingerprint density at radius 3 is 0.912 bits per heavy atom. The lowest BCUT2D eigenvalue weighted by Crippen LogP contribution is -1.94. The Morgan fingerprint density at radius 1 is 0.206 bits per heavy atom. The van der Waals surface area contributed by atoms with E-state index in [4.69, 9.17) is 4.42 Å². The van der Waals surface area contributed by atoms with E-state index in [2.05, 4.69) is 244 Å². The summed E-state index contributed by atoms with van der Waals surface area (Å²) in [6, 6.07) is 89.9. The predicted octanol–water partition coefficient (Wildman–Crippen LogP) is 17.2. The van der Waals surface area contributed by atoms with Gasteiger partial charge in [0.25, 0.3) is 0 Å². The van der Waals surface area contributed by atoms with Gasteiger partial charge in [0.05, 0.1) is 33.1 Å². The number of furan rings is 1. The molecule has 0 amide bonds. The summed E-state index contributed by atoms with van der Waals surface area (Å²) in [5.74, 6) is 1.71. The Balaban J connectivity index is 0.933. The number of hydrogen-bond donors (Lipinski definition) is 0. The van der Waals surface area contributed by atoms with Crippen molar-refractivity contribution in [1.29, 1.82) is 0 Å². The summed E-state index contributed by atoms with van der Waals surface area (Å²) < 4.78 is 13.5. The quantitative estimate of drug-likeness (QED) is 0.157. The minimum atomic E-state index is 0.847. The highest BCUT2D eigenvalue weighted by molar-refractivity contribution is 6.14. The first-order chi connectivity index (χ1) is 33.7. The molecule has 0 radical (unpaired) electrons. The molecule has 0 bridgehead atoms. The summed E-state index contributed by atoms with van der Waals surface area (Å²) in [6.45, 7) is 0. The lowest BCUT2D eigenvalue weighted by molar-refractivity contribution is 0.597. The molecular weight excluding hydrogens is 827 g/mol. The summed E-state index contributed by atoms with van der Waals surface area (Å²) in [5.41, 5.74) is 17.3. The average Bonchev–Trinajstić information content (AvgIpc) is 4.19. The van der Waals surface area contributed by atoms with Crippen LogP contribution in [0.2, 0.25) is 0 Å². The van der Waals surface area contributed by atoms with E-state index in [0.29, 0.717) is 0 Å². The molecule has 0 saturated heterocycles. The minimum absolute atomic E-state index is 0.847. The largest absolute Gasteiger partial charge is 0.456 e. The maximum Gasteiger partial charge on any atom is 0.134 e. The van der Waals surface area contributed by atoms with Crippen molar-refractivity contribution < 1.29 is 4.42 Å². The van der Waals surface area contributed by atoms with Crippen molar-refractivity contribution in [1.82, 2.24) is 13.7 Å². The second-order valence-corrected chi connectivity index (χ2v) is 17.7. The van der Waals surface area contributed by atoms with E-state index in [9.17, 15) is 0 Å². The molecule has 0 saturated carbocycles. The average molecular weight is 868 g/mol. The van der Waals surface area contributed by atoms with Crippen LogP contribution in [0.25, 0.3) is 127 Å². The number of nitrogens with zero attached hydrogens (tertiary/aromatic N) is 3. The van der Waals surface area contributed by atoms with Crippen molar-refractivity contribution >= 4 is 65.4 Å². The van der Waals surface area contributed by atoms with Crippen molar-refractivity contribution in [3.05, 3.63) is 249 Å². The third-order valence-electron chi connectivity index (χ3n) is 13.9. The van der Waals surface area contributed by atoms with E-state index in [1.807, 2.05) is 18.2 Å². The second-order valence-electron chi connectivity index (χ2n) is 17.7. The van der Waals surface area contributed by atoms with Crippen LogP contribution >= 0.6 is 0 Å². The fraction of sp³-hybridized carbons (Fsp3) is 0. The van der Waals surface area contributed by atoms with E-state index in [-0.39, 0.29) is 0 Å². The van der Waals surface area contributed by atoms with Crippen LogP contribution in [0.1, 0.15) is 0 Å². The first-order valence-corrected chi connectivity index (χ1v) is 23.2. The Labute approximate surface area is 392 Å². The molecule has 0 atom stereocenters. The minimum Gasteiger partial charge on any atom is -0.456 e. The topological polar surface area (TPSA) is 27.9 Å². The maximum absolute atomic E-state index is 6.38. The molecule has 14 rings (SSSR count). The van der Waals surface area contributed by atoms with Gasteiger partial charge >= 0.3 is 0 Å². The van der Waals surface area contributed by atoms with Gasteiger partial charge in [0.2, 0.25) is 0 Å². The van der Waals surface area contributed by atoms with Crippen molar-refractivity contribution in [3.8, 4) is 62.0 Å². The van der Waals surface area contributed by atoms with Crippen molar-refractivity contribution in [2.24, 2.45) is 0 Å². The number of hydrogen-bond acceptors (Lipinski definition) is 1. The molecule has 318 valence electrons. The van der Waals surface area contributed by atoms with E-state index in [1.54, 1.807) is 0 Å². The first kappa shape index (κ1) is 38.2. The zero-order valence-electron chi connectivity index (χ0n) is 36.9. The fourth-order valence-corrected chi connectivity index (χ4v) is 10.7. The molecule has 4 nitrogen and oxygen atoms in total. The van der Waals surface area contributed by atoms with Crippen LogP contribution in [0.4, 0.5) is 0 Å². The zero-order chi connectivity index (χ0) is 44.7. The predicted molar refractivity (Wildman–Crippen MR) is 283 cm³/mol. The molecule has 0 fully saturated rings. The van der Waals surface area contributed by atoms with Crippen LogP contribution in [0.15, 0.2) is 253 Å². The van der Waals surface area contributed by atoms with Gasteiger partial charge in [-0.25, -0.2) is 0 Å². The number of benzene rings is 10. The number of rotatable bonds is 7. The maximum atomic E-state index is 6.38. The Morgan fingerprint density at radius 2 is 0.500 bits per heavy atom. The normalized spacial score (nSPS) is 11.8. The molecule has 0 aliphatic heterocycles. The fourth-order valence-electron chi connectivity index (χ4n) is 10.7. The molecule has 14 aromatic rings. The third-order valence-corrected chi connectivity index (χ3v) is 13.9. The van der Waals surface area contributed by atoms with Gasteiger partial charge in [0.15, 0.2) is 0 Å². The summed E-state index contributed by atoms with van der Waals surface area (Å²) >= 11 is 0. The first-order valence-electron chi connectivity index (χ1n) is 23.2. The van der Waals surface area contributed by atoms with Gasteiger partial charge in [-0.3, -0.25) is 0 Å². The van der Waals surface area contributed by atoms with Gasteiger partial charge in [-0.05, 0) is 144 Å². The lowest BCUT2D eigenvalue weighted by Gasteiger charge is -2.10. The van der Waals surface area contributed by atoms with Crippen LogP contribution in [-0.4, -0.2) is 13.7 Å². The highest BCUT2D eigenvalue weighted by atomic mass is 16.3. The van der Waals surface area contributed by atoms with E-state index in [0.717, 1.165) is 50.7 Å². The van der Waals surface area contributed by atoms with E-state index in [1.165, 1.54) is 76.6 Å². The van der Waals surface area contributed by atoms with E-state index >= 15 is 0 Å². The molecule has 68 heavy (non-hydrogen) atoms. The van der Waals surface area contributed by atoms with Gasteiger partial charge in [0.1, 0.15) is 11.5 Å². The van der Waals surface area contributed by atoms with Crippen LogP contribution in [0.5, 0.6) is 0 Å². The standard InChI is InChI=1S/C64H41N3O/c1-4-14-42(15-5-1)63-36-37-64(68-63)43-24-30-50(31-25-43)67-61-34-28-46(44-26-32-59-53(38-44)51-20-10-12-22-57(51)65(59)48-16-6-2-7-17-48)40-55(61)56-41-47(29-35-62(56)67)45-27-33-60-54(39-45)52-21-11-13-23-58(52)66(60)49-18-8-3-9-19-49/h1-41H. The highest BCUT2D eigenvalue weighted by Gasteiger charge is 2.19. The van der Waals surface area contributed by atoms with Gasteiger partial charge in [-0.15, -0.1) is 0 Å². The smallest absolute Gasteiger partial charge is 0.134 e. The number of para-hydroxylation sites is 4. The molecule has 0 spiro atoms. The number of aromatic nitrogens is 3. The molecule has 0 aliphatic carbocycles. The third kappa shape index (κ3) is 6.01. The van der Waals surface area contributed by atoms with Gasteiger partial charge in [-0.1, -0.05) is 127 Å². The van der Waals surface area contributed by atoms with Crippen LogP contribution in [-0.2, 0) is 0 Å².